The highest BCUT2D eigenvalue weighted by Crippen LogP contribution is 2.26. The van der Waals surface area contributed by atoms with Crippen molar-refractivity contribution in [2.45, 2.75) is 38.6 Å². The molecule has 0 aromatic heterocycles. The van der Waals surface area contributed by atoms with Gasteiger partial charge in [-0.25, -0.2) is 0 Å². The molecule has 0 aliphatic carbocycles. The van der Waals surface area contributed by atoms with E-state index in [9.17, 15) is 0 Å². The van der Waals surface area contributed by atoms with Gasteiger partial charge >= 0.3 is 0 Å². The third-order valence-corrected chi connectivity index (χ3v) is 2.69. The molecule has 1 N–H and O–H groups in total. The summed E-state index contributed by atoms with van der Waals surface area (Å²) in [6.07, 6.45) is 3.91. The number of rotatable bonds is 2. The number of likely N-dealkylation sites (tertiary alicyclic amines) is 1. The van der Waals surface area contributed by atoms with Crippen molar-refractivity contribution in [1.82, 2.24) is 4.90 Å². The normalized spacial score (nSPS) is 25.4. The quantitative estimate of drug-likeness (QED) is 0.652. The molecule has 0 spiro atoms. The second kappa shape index (κ2) is 3.55. The zero-order chi connectivity index (χ0) is 8.32. The maximum atomic E-state index is 8.81. The minimum Gasteiger partial charge on any atom is -0.395 e. The van der Waals surface area contributed by atoms with Crippen LogP contribution >= 0.6 is 0 Å². The molecule has 2 heteroatoms. The summed E-state index contributed by atoms with van der Waals surface area (Å²) in [7, 11) is 0. The van der Waals surface area contributed by atoms with Crippen LogP contribution < -0.4 is 0 Å². The number of piperidine rings is 1. The van der Waals surface area contributed by atoms with Gasteiger partial charge in [-0.2, -0.15) is 0 Å². The predicted molar refractivity (Wildman–Crippen MR) is 46.6 cm³/mol. The summed E-state index contributed by atoms with van der Waals surface area (Å²) in [4.78, 5) is 2.39. The Balaban J connectivity index is 2.45. The molecule has 1 fully saturated rings. The first-order valence-corrected chi connectivity index (χ1v) is 4.53. The van der Waals surface area contributed by atoms with E-state index in [1.165, 1.54) is 19.3 Å². The molecule has 0 amide bonds. The van der Waals surface area contributed by atoms with Crippen LogP contribution in [0.1, 0.15) is 33.1 Å². The van der Waals surface area contributed by atoms with E-state index in [1.807, 2.05) is 0 Å². The van der Waals surface area contributed by atoms with Gasteiger partial charge in [-0.3, -0.25) is 4.90 Å². The number of β-amino-alcohol motifs (C(OH)–C–C–N with tert-alkyl or cyclic N) is 1. The fourth-order valence-corrected chi connectivity index (χ4v) is 1.86. The van der Waals surface area contributed by atoms with Crippen molar-refractivity contribution in [3.05, 3.63) is 0 Å². The molecule has 0 radical (unpaired) electrons. The number of aliphatic hydroxyl groups is 1. The SMILES string of the molecule is CC1(C)CCCCN1CCO. The van der Waals surface area contributed by atoms with Gasteiger partial charge in [-0.15, -0.1) is 0 Å². The molecule has 1 rings (SSSR count). The molecule has 11 heavy (non-hydrogen) atoms. The molecule has 1 aliphatic rings. The summed E-state index contributed by atoms with van der Waals surface area (Å²) in [5, 5.41) is 8.81. The minimum atomic E-state index is 0.295. The lowest BCUT2D eigenvalue weighted by Crippen LogP contribution is -2.48. The van der Waals surface area contributed by atoms with Crippen molar-refractivity contribution in [3.8, 4) is 0 Å². The van der Waals surface area contributed by atoms with Crippen molar-refractivity contribution in [1.29, 1.82) is 0 Å². The van der Waals surface area contributed by atoms with Crippen molar-refractivity contribution in [3.63, 3.8) is 0 Å². The van der Waals surface area contributed by atoms with E-state index in [4.69, 9.17) is 5.11 Å². The molecule has 0 atom stereocenters. The number of hydrogen-bond donors (Lipinski definition) is 1. The molecule has 0 saturated carbocycles. The van der Waals surface area contributed by atoms with Crippen LogP contribution in [0.4, 0.5) is 0 Å². The van der Waals surface area contributed by atoms with Crippen LogP contribution in [0.5, 0.6) is 0 Å². The van der Waals surface area contributed by atoms with Gasteiger partial charge in [-0.05, 0) is 33.2 Å². The number of nitrogens with zero attached hydrogens (tertiary/aromatic N) is 1. The Morgan fingerprint density at radius 2 is 2.09 bits per heavy atom. The summed E-state index contributed by atoms with van der Waals surface area (Å²) in [6.45, 7) is 6.83. The standard InChI is InChI=1S/C9H19NO/c1-9(2)5-3-4-6-10(9)7-8-11/h11H,3-8H2,1-2H3. The van der Waals surface area contributed by atoms with Gasteiger partial charge in [0.1, 0.15) is 0 Å². The molecule has 66 valence electrons. The zero-order valence-electron chi connectivity index (χ0n) is 7.64. The average Bonchev–Trinajstić information content (AvgIpc) is 1.94. The molecular formula is C9H19NO. The Hall–Kier alpha value is -0.0800. The zero-order valence-corrected chi connectivity index (χ0v) is 7.64. The Kier molecular flexibility index (Phi) is 2.90. The van der Waals surface area contributed by atoms with Crippen LogP contribution in [0.15, 0.2) is 0 Å². The van der Waals surface area contributed by atoms with Crippen molar-refractivity contribution < 1.29 is 5.11 Å². The second-order valence-electron chi connectivity index (χ2n) is 3.98. The largest absolute Gasteiger partial charge is 0.395 e. The summed E-state index contributed by atoms with van der Waals surface area (Å²) in [5.74, 6) is 0. The van der Waals surface area contributed by atoms with Gasteiger partial charge in [0.05, 0.1) is 6.61 Å². The Morgan fingerprint density at radius 1 is 1.36 bits per heavy atom. The summed E-state index contributed by atoms with van der Waals surface area (Å²) < 4.78 is 0. The second-order valence-corrected chi connectivity index (χ2v) is 3.98. The molecule has 0 bridgehead atoms. The van der Waals surface area contributed by atoms with Crippen LogP contribution in [0.3, 0.4) is 0 Å². The first-order chi connectivity index (χ1) is 5.17. The lowest BCUT2D eigenvalue weighted by molar-refractivity contribution is 0.0584. The van der Waals surface area contributed by atoms with Crippen LogP contribution in [-0.4, -0.2) is 35.2 Å². The topological polar surface area (TPSA) is 23.5 Å². The van der Waals surface area contributed by atoms with Gasteiger partial charge in [0.15, 0.2) is 0 Å². The van der Waals surface area contributed by atoms with Gasteiger partial charge in [0.25, 0.3) is 0 Å². The lowest BCUT2D eigenvalue weighted by atomic mass is 9.90. The molecule has 0 aromatic carbocycles. The molecular weight excluding hydrogens is 138 g/mol. The predicted octanol–water partition coefficient (Wildman–Crippen LogP) is 1.24. The average molecular weight is 157 g/mol. The van der Waals surface area contributed by atoms with Gasteiger partial charge in [-0.1, -0.05) is 6.42 Å². The van der Waals surface area contributed by atoms with Crippen molar-refractivity contribution >= 4 is 0 Å². The Bertz CT molecular complexity index is 121. The van der Waals surface area contributed by atoms with Crippen LogP contribution in [0, 0.1) is 0 Å². The fraction of sp³-hybridized carbons (Fsp3) is 1.00. The smallest absolute Gasteiger partial charge is 0.0558 e. The van der Waals surface area contributed by atoms with Crippen LogP contribution in [0.25, 0.3) is 0 Å². The molecule has 0 unspecified atom stereocenters. The highest BCUT2D eigenvalue weighted by Gasteiger charge is 2.28. The number of hydrogen-bond acceptors (Lipinski definition) is 2. The molecule has 2 nitrogen and oxygen atoms in total. The van der Waals surface area contributed by atoms with E-state index in [1.54, 1.807) is 0 Å². The maximum absolute atomic E-state index is 8.81. The van der Waals surface area contributed by atoms with Gasteiger partial charge < -0.3 is 5.11 Å². The van der Waals surface area contributed by atoms with E-state index in [0.717, 1.165) is 13.1 Å². The Morgan fingerprint density at radius 3 is 2.64 bits per heavy atom. The monoisotopic (exact) mass is 157 g/mol. The number of aliphatic hydroxyl groups excluding tert-OH is 1. The molecule has 1 heterocycles. The van der Waals surface area contributed by atoms with Gasteiger partial charge in [0.2, 0.25) is 0 Å². The molecule has 1 saturated heterocycles. The molecule has 0 aromatic rings. The lowest BCUT2D eigenvalue weighted by Gasteiger charge is -2.42. The van der Waals surface area contributed by atoms with E-state index in [2.05, 4.69) is 18.7 Å². The third kappa shape index (κ3) is 2.17. The first-order valence-electron chi connectivity index (χ1n) is 4.53. The fourth-order valence-electron chi connectivity index (χ4n) is 1.86. The third-order valence-electron chi connectivity index (χ3n) is 2.69. The molecule has 1 aliphatic heterocycles. The van der Waals surface area contributed by atoms with Crippen molar-refractivity contribution in [2.24, 2.45) is 0 Å². The van der Waals surface area contributed by atoms with Gasteiger partial charge in [0, 0.05) is 12.1 Å². The Labute approximate surface area is 69.2 Å². The van der Waals surface area contributed by atoms with Crippen LogP contribution in [-0.2, 0) is 0 Å². The van der Waals surface area contributed by atoms with E-state index in [-0.39, 0.29) is 0 Å². The maximum Gasteiger partial charge on any atom is 0.0558 e. The van der Waals surface area contributed by atoms with E-state index < -0.39 is 0 Å². The van der Waals surface area contributed by atoms with E-state index in [0.29, 0.717) is 12.1 Å². The summed E-state index contributed by atoms with van der Waals surface area (Å²) in [6, 6.07) is 0. The highest BCUT2D eigenvalue weighted by molar-refractivity contribution is 4.84. The highest BCUT2D eigenvalue weighted by atomic mass is 16.3. The van der Waals surface area contributed by atoms with E-state index >= 15 is 0 Å². The van der Waals surface area contributed by atoms with Crippen LogP contribution in [0.2, 0.25) is 0 Å². The minimum absolute atomic E-state index is 0.295. The summed E-state index contributed by atoms with van der Waals surface area (Å²) >= 11 is 0. The summed E-state index contributed by atoms with van der Waals surface area (Å²) in [5.41, 5.74) is 0.320. The first kappa shape index (κ1) is 9.01. The van der Waals surface area contributed by atoms with Crippen molar-refractivity contribution in [2.75, 3.05) is 19.7 Å².